The predicted molar refractivity (Wildman–Crippen MR) is 218 cm³/mol. The monoisotopic (exact) mass is 792 g/mol. The average molecular weight is 793 g/mol. The summed E-state index contributed by atoms with van der Waals surface area (Å²) in [6.07, 6.45) is 5.06. The Bertz CT molecular complexity index is 2280. The van der Waals surface area contributed by atoms with Gasteiger partial charge in [-0.05, 0) is 99.8 Å². The number of nitrogens with zero attached hydrogens (tertiary/aromatic N) is 4. The van der Waals surface area contributed by atoms with Gasteiger partial charge in [0.2, 0.25) is 5.78 Å². The van der Waals surface area contributed by atoms with Crippen LogP contribution in [0.3, 0.4) is 0 Å². The number of furan rings is 1. The second-order valence-corrected chi connectivity index (χ2v) is 15.1. The van der Waals surface area contributed by atoms with Gasteiger partial charge in [-0.3, -0.25) is 14.4 Å². The van der Waals surface area contributed by atoms with Gasteiger partial charge in [0.1, 0.15) is 11.5 Å². The smallest absolute Gasteiger partial charge is 0.308 e. The highest BCUT2D eigenvalue weighted by Gasteiger charge is 2.43. The number of fused-ring (bicyclic) bond motifs is 1. The number of piperidine rings is 1. The van der Waals surface area contributed by atoms with E-state index in [0.29, 0.717) is 79.7 Å². The Labute approximate surface area is 338 Å². The second-order valence-electron chi connectivity index (χ2n) is 15.1. The molecule has 13 heteroatoms. The highest BCUT2D eigenvalue weighted by atomic mass is 16.6. The highest BCUT2D eigenvalue weighted by Crippen LogP contribution is 2.45. The Balaban J connectivity index is 1.11. The first-order valence-corrected chi connectivity index (χ1v) is 19.9. The van der Waals surface area contributed by atoms with Crippen LogP contribution in [0.5, 0.6) is 28.7 Å². The summed E-state index contributed by atoms with van der Waals surface area (Å²) in [5, 5.41) is 0. The topological polar surface area (TPSA) is 135 Å². The molecular weight excluding hydrogens is 741 g/mol. The van der Waals surface area contributed by atoms with Crippen LogP contribution < -0.4 is 23.7 Å². The summed E-state index contributed by atoms with van der Waals surface area (Å²) < 4.78 is 36.0. The number of aromatic nitrogens is 2. The van der Waals surface area contributed by atoms with Crippen molar-refractivity contribution in [1.82, 2.24) is 19.4 Å². The van der Waals surface area contributed by atoms with Gasteiger partial charge in [0, 0.05) is 36.9 Å². The van der Waals surface area contributed by atoms with Gasteiger partial charge in [-0.15, -0.1) is 0 Å². The number of rotatable bonds is 15. The lowest BCUT2D eigenvalue weighted by atomic mass is 9.76. The van der Waals surface area contributed by atoms with Crippen LogP contribution in [0.2, 0.25) is 0 Å². The maximum absolute atomic E-state index is 14.5. The van der Waals surface area contributed by atoms with Crippen LogP contribution in [0.1, 0.15) is 77.4 Å². The average Bonchev–Trinajstić information content (AvgIpc) is 4.02. The molecule has 0 spiro atoms. The van der Waals surface area contributed by atoms with E-state index in [4.69, 9.17) is 33.1 Å². The van der Waals surface area contributed by atoms with Crippen molar-refractivity contribution in [2.24, 2.45) is 5.92 Å². The lowest BCUT2D eigenvalue weighted by molar-refractivity contribution is -0.132. The second kappa shape index (κ2) is 17.4. The number of methoxy groups -OCH3 is 4. The van der Waals surface area contributed by atoms with Crippen LogP contribution in [0, 0.1) is 5.92 Å². The number of amides is 1. The summed E-state index contributed by atoms with van der Waals surface area (Å²) in [6, 6.07) is 19.2. The highest BCUT2D eigenvalue weighted by molar-refractivity contribution is 6.00. The number of hydrogen-bond donors (Lipinski definition) is 0. The molecule has 3 aromatic carbocycles. The van der Waals surface area contributed by atoms with Gasteiger partial charge in [-0.25, -0.2) is 4.98 Å². The van der Waals surface area contributed by atoms with Crippen molar-refractivity contribution >= 4 is 28.7 Å². The van der Waals surface area contributed by atoms with E-state index in [2.05, 4.69) is 11.0 Å². The molecule has 0 N–H and O–H groups in total. The van der Waals surface area contributed by atoms with Crippen LogP contribution in [0.4, 0.5) is 0 Å². The van der Waals surface area contributed by atoms with Crippen LogP contribution in [-0.4, -0.2) is 98.2 Å². The minimum atomic E-state index is -0.557. The number of imidazole rings is 1. The summed E-state index contributed by atoms with van der Waals surface area (Å²) in [7, 11) is 6.27. The molecule has 1 atom stereocenters. The number of carbonyl (C=O) groups is 3. The molecule has 7 rings (SSSR count). The Morgan fingerprint density at radius 2 is 1.62 bits per heavy atom. The molecule has 1 amide bonds. The van der Waals surface area contributed by atoms with Gasteiger partial charge in [-0.2, -0.15) is 0 Å². The summed E-state index contributed by atoms with van der Waals surface area (Å²) in [5.41, 5.74) is 3.21. The number of benzene rings is 3. The number of Topliss-reactive ketones (excluding diaryl/α,β-unsaturated/α-hetero) is 1. The third kappa shape index (κ3) is 7.87. The van der Waals surface area contributed by atoms with Crippen LogP contribution in [0.15, 0.2) is 71.3 Å². The van der Waals surface area contributed by atoms with E-state index in [1.165, 1.54) is 14.0 Å². The zero-order valence-electron chi connectivity index (χ0n) is 34.2. The van der Waals surface area contributed by atoms with Crippen molar-refractivity contribution in [2.45, 2.75) is 57.9 Å². The number of hydrogen-bond acceptors (Lipinski definition) is 11. The molecular formula is C45H52N4O9. The van der Waals surface area contributed by atoms with Gasteiger partial charge < -0.3 is 42.5 Å². The molecule has 13 nitrogen and oxygen atoms in total. The van der Waals surface area contributed by atoms with Crippen molar-refractivity contribution in [3.8, 4) is 28.7 Å². The van der Waals surface area contributed by atoms with Crippen molar-refractivity contribution < 1.29 is 42.5 Å². The van der Waals surface area contributed by atoms with E-state index >= 15 is 0 Å². The van der Waals surface area contributed by atoms with Crippen molar-refractivity contribution in [3.05, 3.63) is 95.2 Å². The molecule has 58 heavy (non-hydrogen) atoms. The molecule has 2 saturated heterocycles. The lowest BCUT2D eigenvalue weighted by Crippen LogP contribution is -2.41. The number of ether oxygens (including phenoxy) is 5. The first-order chi connectivity index (χ1) is 28.1. The molecule has 2 fully saturated rings. The molecule has 2 aliphatic heterocycles. The first-order valence-electron chi connectivity index (χ1n) is 19.9. The van der Waals surface area contributed by atoms with Crippen molar-refractivity contribution in [2.75, 3.05) is 61.2 Å². The number of para-hydroxylation sites is 2. The molecule has 2 aliphatic rings. The molecule has 2 aromatic heterocycles. The number of carbonyl (C=O) groups excluding carboxylic acids is 3. The number of likely N-dealkylation sites (tertiary alicyclic amines) is 2. The molecule has 5 aromatic rings. The quantitative estimate of drug-likeness (QED) is 0.0618. The fourth-order valence-corrected chi connectivity index (χ4v) is 8.71. The fourth-order valence-electron chi connectivity index (χ4n) is 8.71. The van der Waals surface area contributed by atoms with E-state index < -0.39 is 11.4 Å². The third-order valence-corrected chi connectivity index (χ3v) is 11.8. The minimum Gasteiger partial charge on any atom is -0.496 e. The largest absolute Gasteiger partial charge is 0.496 e. The molecule has 0 radical (unpaired) electrons. The van der Waals surface area contributed by atoms with Crippen molar-refractivity contribution in [1.29, 1.82) is 0 Å². The standard InChI is InChI=1S/C45H52N4O9/c1-7-33-38(54-4)26-34(42(41(33)56-6)58-29(2)50)44(52)48-23-19-45(28-48,31-14-15-37(53-3)39(25-31)55-5)18-22-47-20-16-30(17-21-47)40(51)43-46-35-12-8-9-13-36(35)49(43)27-32-11-10-24-57-32/h8-15,24-26,30H,7,16-23,27-28H2,1-6H3. The number of ketones is 1. The Kier molecular flexibility index (Phi) is 12.1. The molecule has 4 heterocycles. The zero-order chi connectivity index (χ0) is 41.0. The number of esters is 1. The molecule has 0 bridgehead atoms. The first kappa shape index (κ1) is 40.4. The Morgan fingerprint density at radius 1 is 0.862 bits per heavy atom. The summed E-state index contributed by atoms with van der Waals surface area (Å²) >= 11 is 0. The van der Waals surface area contributed by atoms with Gasteiger partial charge in [-0.1, -0.05) is 25.1 Å². The van der Waals surface area contributed by atoms with E-state index in [1.807, 2.05) is 64.9 Å². The van der Waals surface area contributed by atoms with Crippen LogP contribution in [0.25, 0.3) is 11.0 Å². The van der Waals surface area contributed by atoms with Gasteiger partial charge in [0.25, 0.3) is 5.91 Å². The Hall–Kier alpha value is -5.82. The molecule has 0 saturated carbocycles. The van der Waals surface area contributed by atoms with Crippen LogP contribution in [-0.2, 0) is 23.2 Å². The fraction of sp³-hybridized carbons (Fsp3) is 0.422. The molecule has 1 unspecified atom stereocenters. The van der Waals surface area contributed by atoms with E-state index in [0.717, 1.165) is 48.4 Å². The zero-order valence-corrected chi connectivity index (χ0v) is 34.2. The van der Waals surface area contributed by atoms with Gasteiger partial charge in [0.15, 0.2) is 28.8 Å². The van der Waals surface area contributed by atoms with E-state index in [-0.39, 0.29) is 28.9 Å². The predicted octanol–water partition coefficient (Wildman–Crippen LogP) is 6.97. The van der Waals surface area contributed by atoms with E-state index in [9.17, 15) is 14.4 Å². The Morgan fingerprint density at radius 3 is 2.29 bits per heavy atom. The molecule has 0 aliphatic carbocycles. The summed E-state index contributed by atoms with van der Waals surface area (Å²) in [5.74, 6) is 2.43. The normalized spacial score (nSPS) is 17.4. The SMILES string of the molecule is CCc1c(OC)cc(C(=O)N2CCC(CCN3CCC(C(=O)c4nc5ccccc5n4Cc4ccco4)CC3)(c3ccc(OC)c(OC)c3)C2)c(OC(C)=O)c1OC. The van der Waals surface area contributed by atoms with Gasteiger partial charge >= 0.3 is 5.97 Å². The minimum absolute atomic E-state index is 0.0579. The summed E-state index contributed by atoms with van der Waals surface area (Å²) in [6.45, 7) is 6.85. The third-order valence-electron chi connectivity index (χ3n) is 11.8. The molecule has 306 valence electrons. The van der Waals surface area contributed by atoms with E-state index in [1.54, 1.807) is 33.7 Å². The summed E-state index contributed by atoms with van der Waals surface area (Å²) in [4.78, 5) is 50.0. The van der Waals surface area contributed by atoms with Gasteiger partial charge in [0.05, 0.1) is 57.8 Å². The maximum atomic E-state index is 14.5. The van der Waals surface area contributed by atoms with Crippen LogP contribution >= 0.6 is 0 Å². The maximum Gasteiger partial charge on any atom is 0.308 e. The van der Waals surface area contributed by atoms with Crippen molar-refractivity contribution in [3.63, 3.8) is 0 Å². The lowest BCUT2D eigenvalue weighted by Gasteiger charge is -2.36.